The third-order valence-corrected chi connectivity index (χ3v) is 4.92. The van der Waals surface area contributed by atoms with Gasteiger partial charge in [0.05, 0.1) is 11.4 Å². The average molecular weight is 360 g/mol. The highest BCUT2D eigenvalue weighted by Gasteiger charge is 2.15. The van der Waals surface area contributed by atoms with Crippen LogP contribution in [0.5, 0.6) is 0 Å². The van der Waals surface area contributed by atoms with Crippen molar-refractivity contribution in [2.45, 2.75) is 6.54 Å². The minimum Gasteiger partial charge on any atom is -0.356 e. The van der Waals surface area contributed by atoms with Crippen LogP contribution in [0.25, 0.3) is 22.5 Å². The van der Waals surface area contributed by atoms with Crippen molar-refractivity contribution in [3.8, 4) is 22.5 Å². The van der Waals surface area contributed by atoms with E-state index in [9.17, 15) is 4.79 Å². The summed E-state index contributed by atoms with van der Waals surface area (Å²) >= 11 is 1.43. The third-order valence-electron chi connectivity index (χ3n) is 4.00. The molecule has 0 aliphatic carbocycles. The molecular weight excluding hydrogens is 344 g/mol. The van der Waals surface area contributed by atoms with Gasteiger partial charge in [-0.05, 0) is 17.0 Å². The lowest BCUT2D eigenvalue weighted by atomic mass is 10.1. The Morgan fingerprint density at radius 3 is 2.38 bits per heavy atom. The molecule has 4 aromatic rings. The molecule has 2 heterocycles. The third kappa shape index (κ3) is 3.43. The molecule has 1 amide bonds. The monoisotopic (exact) mass is 360 g/mol. The summed E-state index contributed by atoms with van der Waals surface area (Å²) < 4.78 is 5.37. The molecule has 2 aromatic heterocycles. The summed E-state index contributed by atoms with van der Waals surface area (Å²) in [5.74, 6) is 0.582. The number of thiophene rings is 1. The summed E-state index contributed by atoms with van der Waals surface area (Å²) in [5.41, 5.74) is 3.63. The minimum absolute atomic E-state index is 0.108. The highest BCUT2D eigenvalue weighted by atomic mass is 32.1. The van der Waals surface area contributed by atoms with E-state index >= 15 is 0 Å². The SMILES string of the molecule is O=C(NCc1cc(-c2ccccc2)on1)c1sccc1-c1ccccc1. The van der Waals surface area contributed by atoms with E-state index in [2.05, 4.69) is 10.5 Å². The molecule has 0 fully saturated rings. The first-order chi connectivity index (χ1) is 12.8. The van der Waals surface area contributed by atoms with Gasteiger partial charge in [-0.25, -0.2) is 0 Å². The van der Waals surface area contributed by atoms with Crippen LogP contribution in [0, 0.1) is 0 Å². The maximum atomic E-state index is 12.6. The number of carbonyl (C=O) groups is 1. The van der Waals surface area contributed by atoms with Crippen LogP contribution in [0.3, 0.4) is 0 Å². The number of benzene rings is 2. The Bertz CT molecular complexity index is 1010. The molecule has 1 N–H and O–H groups in total. The Balaban J connectivity index is 1.46. The Hall–Kier alpha value is -3.18. The van der Waals surface area contributed by atoms with Crippen LogP contribution in [0.4, 0.5) is 0 Å². The summed E-state index contributed by atoms with van der Waals surface area (Å²) in [6.07, 6.45) is 0. The van der Waals surface area contributed by atoms with E-state index in [-0.39, 0.29) is 5.91 Å². The topological polar surface area (TPSA) is 55.1 Å². The van der Waals surface area contributed by atoms with Gasteiger partial charge in [-0.15, -0.1) is 11.3 Å². The van der Waals surface area contributed by atoms with E-state index in [1.807, 2.05) is 78.2 Å². The molecule has 0 spiro atoms. The molecular formula is C21H16N2O2S. The van der Waals surface area contributed by atoms with Crippen LogP contribution >= 0.6 is 11.3 Å². The highest BCUT2D eigenvalue weighted by molar-refractivity contribution is 7.12. The van der Waals surface area contributed by atoms with Crippen molar-refractivity contribution in [2.75, 3.05) is 0 Å². The van der Waals surface area contributed by atoms with Crippen molar-refractivity contribution in [3.05, 3.63) is 88.7 Å². The lowest BCUT2D eigenvalue weighted by molar-refractivity contribution is 0.0954. The average Bonchev–Trinajstić information content (AvgIpc) is 3.37. The molecule has 0 saturated heterocycles. The molecule has 4 rings (SSSR count). The van der Waals surface area contributed by atoms with Crippen LogP contribution < -0.4 is 5.32 Å². The van der Waals surface area contributed by atoms with Crippen molar-refractivity contribution < 1.29 is 9.32 Å². The summed E-state index contributed by atoms with van der Waals surface area (Å²) in [6.45, 7) is 0.321. The van der Waals surface area contributed by atoms with E-state index in [1.54, 1.807) is 0 Å². The zero-order chi connectivity index (χ0) is 17.8. The van der Waals surface area contributed by atoms with Gasteiger partial charge in [-0.3, -0.25) is 4.79 Å². The molecule has 0 saturated carbocycles. The van der Waals surface area contributed by atoms with Gasteiger partial charge < -0.3 is 9.84 Å². The van der Waals surface area contributed by atoms with Crippen LogP contribution in [-0.4, -0.2) is 11.1 Å². The van der Waals surface area contributed by atoms with E-state index in [1.165, 1.54) is 11.3 Å². The van der Waals surface area contributed by atoms with Gasteiger partial charge in [0.25, 0.3) is 5.91 Å². The predicted octanol–water partition coefficient (Wildman–Crippen LogP) is 5.00. The number of aromatic nitrogens is 1. The first-order valence-corrected chi connectivity index (χ1v) is 9.11. The summed E-state index contributed by atoms with van der Waals surface area (Å²) in [5, 5.41) is 8.90. The normalized spacial score (nSPS) is 10.6. The molecule has 0 unspecified atom stereocenters. The van der Waals surface area contributed by atoms with Crippen LogP contribution in [-0.2, 0) is 6.54 Å². The highest BCUT2D eigenvalue weighted by Crippen LogP contribution is 2.28. The fourth-order valence-corrected chi connectivity index (χ4v) is 3.55. The van der Waals surface area contributed by atoms with E-state index in [0.717, 1.165) is 16.7 Å². The molecule has 5 heteroatoms. The quantitative estimate of drug-likeness (QED) is 0.545. The molecule has 26 heavy (non-hydrogen) atoms. The Morgan fingerprint density at radius 1 is 0.962 bits per heavy atom. The molecule has 0 aliphatic heterocycles. The Morgan fingerprint density at radius 2 is 1.65 bits per heavy atom. The summed E-state index contributed by atoms with van der Waals surface area (Å²) in [6, 6.07) is 23.5. The Kier molecular flexibility index (Phi) is 4.62. The number of amides is 1. The van der Waals surface area contributed by atoms with Gasteiger partial charge in [-0.1, -0.05) is 65.8 Å². The van der Waals surface area contributed by atoms with Crippen LogP contribution in [0.15, 0.2) is 82.7 Å². The smallest absolute Gasteiger partial charge is 0.262 e. The fourth-order valence-electron chi connectivity index (χ4n) is 2.71. The molecule has 2 aromatic carbocycles. The number of rotatable bonds is 5. The number of nitrogens with zero attached hydrogens (tertiary/aromatic N) is 1. The zero-order valence-corrected chi connectivity index (χ0v) is 14.7. The predicted molar refractivity (Wildman–Crippen MR) is 103 cm³/mol. The second-order valence-electron chi connectivity index (χ2n) is 5.76. The molecule has 0 bridgehead atoms. The number of hydrogen-bond donors (Lipinski definition) is 1. The number of hydrogen-bond acceptors (Lipinski definition) is 4. The van der Waals surface area contributed by atoms with Crippen molar-refractivity contribution in [1.82, 2.24) is 10.5 Å². The summed E-state index contributed by atoms with van der Waals surface area (Å²) in [4.78, 5) is 13.3. The van der Waals surface area contributed by atoms with Gasteiger partial charge in [0.1, 0.15) is 5.69 Å². The first kappa shape index (κ1) is 16.3. The van der Waals surface area contributed by atoms with Crippen molar-refractivity contribution in [3.63, 3.8) is 0 Å². The molecule has 0 aliphatic rings. The maximum absolute atomic E-state index is 12.6. The molecule has 128 valence electrons. The molecule has 0 radical (unpaired) electrons. The fraction of sp³-hybridized carbons (Fsp3) is 0.0476. The standard InChI is InChI=1S/C21H16N2O2S/c24-21(20-18(11-12-26-20)15-7-3-1-4-8-15)22-14-17-13-19(25-23-17)16-9-5-2-6-10-16/h1-13H,14H2,(H,22,24). The minimum atomic E-state index is -0.108. The first-order valence-electron chi connectivity index (χ1n) is 8.23. The van der Waals surface area contributed by atoms with Crippen molar-refractivity contribution in [1.29, 1.82) is 0 Å². The lowest BCUT2D eigenvalue weighted by Gasteiger charge is -2.04. The zero-order valence-electron chi connectivity index (χ0n) is 13.9. The Labute approximate surface area is 155 Å². The van der Waals surface area contributed by atoms with Crippen molar-refractivity contribution >= 4 is 17.2 Å². The lowest BCUT2D eigenvalue weighted by Crippen LogP contribution is -2.22. The number of nitrogens with one attached hydrogen (secondary N) is 1. The van der Waals surface area contributed by atoms with E-state index in [0.29, 0.717) is 22.9 Å². The second-order valence-corrected chi connectivity index (χ2v) is 6.68. The van der Waals surface area contributed by atoms with Crippen LogP contribution in [0.1, 0.15) is 15.4 Å². The van der Waals surface area contributed by atoms with Gasteiger partial charge in [0.15, 0.2) is 5.76 Å². The van der Waals surface area contributed by atoms with Crippen molar-refractivity contribution in [2.24, 2.45) is 0 Å². The number of carbonyl (C=O) groups excluding carboxylic acids is 1. The summed E-state index contributed by atoms with van der Waals surface area (Å²) in [7, 11) is 0. The van der Waals surface area contributed by atoms with Gasteiger partial charge in [0.2, 0.25) is 0 Å². The van der Waals surface area contributed by atoms with Crippen LogP contribution in [0.2, 0.25) is 0 Å². The molecule has 4 nitrogen and oxygen atoms in total. The second kappa shape index (κ2) is 7.37. The van der Waals surface area contributed by atoms with E-state index in [4.69, 9.17) is 4.52 Å². The van der Waals surface area contributed by atoms with Gasteiger partial charge in [-0.2, -0.15) is 0 Å². The maximum Gasteiger partial charge on any atom is 0.262 e. The van der Waals surface area contributed by atoms with E-state index < -0.39 is 0 Å². The largest absolute Gasteiger partial charge is 0.356 e. The van der Waals surface area contributed by atoms with Gasteiger partial charge in [0, 0.05) is 17.2 Å². The molecule has 0 atom stereocenters. The van der Waals surface area contributed by atoms with Gasteiger partial charge >= 0.3 is 0 Å².